The number of rotatable bonds is 5. The third-order valence-electron chi connectivity index (χ3n) is 3.82. The molecule has 4 rings (SSSR count). The largest absolute Gasteiger partial charge is 0.364 e. The van der Waals surface area contributed by atoms with Crippen molar-refractivity contribution < 1.29 is 12.9 Å². The maximum absolute atomic E-state index is 12.9. The normalized spacial score (nSPS) is 11.6. The fourth-order valence-electron chi connectivity index (χ4n) is 2.59. The topological polar surface area (TPSA) is 77.1 Å². The standard InChI is InChI=1S/C18H15N3O3S2/c1-13-4-5-16(21-9-2-3-10-21)15(12-13)20-26(22,23)18-7-6-17(25-18)14-8-11-24-19-14/h2-12,20H,1H3. The van der Waals surface area contributed by atoms with Crippen molar-refractivity contribution in [2.75, 3.05) is 4.72 Å². The van der Waals surface area contributed by atoms with Gasteiger partial charge in [-0.1, -0.05) is 11.2 Å². The molecule has 132 valence electrons. The summed E-state index contributed by atoms with van der Waals surface area (Å²) in [5, 5.41) is 3.84. The number of aryl methyl sites for hydroxylation is 1. The monoisotopic (exact) mass is 385 g/mol. The van der Waals surface area contributed by atoms with Gasteiger partial charge in [-0.15, -0.1) is 11.3 Å². The Hall–Kier alpha value is -2.84. The van der Waals surface area contributed by atoms with Crippen LogP contribution in [0.3, 0.4) is 0 Å². The van der Waals surface area contributed by atoms with E-state index in [-0.39, 0.29) is 4.21 Å². The summed E-state index contributed by atoms with van der Waals surface area (Å²) in [5.41, 5.74) is 2.86. The van der Waals surface area contributed by atoms with Crippen molar-refractivity contribution in [1.82, 2.24) is 9.72 Å². The van der Waals surface area contributed by atoms with Crippen LogP contribution in [0.5, 0.6) is 0 Å². The number of thiophene rings is 1. The Labute approximate surface area is 154 Å². The third kappa shape index (κ3) is 3.16. The Balaban J connectivity index is 1.70. The maximum Gasteiger partial charge on any atom is 0.271 e. The lowest BCUT2D eigenvalue weighted by Crippen LogP contribution is -2.13. The van der Waals surface area contributed by atoms with Gasteiger partial charge in [0.25, 0.3) is 10.0 Å². The Morgan fingerprint density at radius 2 is 1.92 bits per heavy atom. The van der Waals surface area contributed by atoms with Crippen LogP contribution in [0, 0.1) is 6.92 Å². The molecule has 1 aromatic carbocycles. The van der Waals surface area contributed by atoms with Crippen molar-refractivity contribution in [3.8, 4) is 16.3 Å². The minimum atomic E-state index is -3.72. The zero-order chi connectivity index (χ0) is 18.1. The molecule has 1 N–H and O–H groups in total. The average Bonchev–Trinajstić information content (AvgIpc) is 3.35. The van der Waals surface area contributed by atoms with Gasteiger partial charge in [-0.2, -0.15) is 0 Å². The van der Waals surface area contributed by atoms with Crippen molar-refractivity contribution in [3.63, 3.8) is 0 Å². The smallest absolute Gasteiger partial charge is 0.271 e. The molecule has 0 spiro atoms. The predicted molar refractivity (Wildman–Crippen MR) is 101 cm³/mol. The summed E-state index contributed by atoms with van der Waals surface area (Å²) in [6.07, 6.45) is 5.20. The van der Waals surface area contributed by atoms with Crippen molar-refractivity contribution in [2.24, 2.45) is 0 Å². The predicted octanol–water partition coefficient (Wildman–Crippen LogP) is 4.30. The number of anilines is 1. The minimum absolute atomic E-state index is 0.218. The van der Waals surface area contributed by atoms with Crippen LogP contribution in [0.1, 0.15) is 5.56 Å². The first-order valence-corrected chi connectivity index (χ1v) is 10.1. The SMILES string of the molecule is Cc1ccc(-n2cccc2)c(NS(=O)(=O)c2ccc(-c3ccon3)s2)c1. The molecule has 0 saturated carbocycles. The van der Waals surface area contributed by atoms with Crippen molar-refractivity contribution in [1.29, 1.82) is 0 Å². The first kappa shape index (κ1) is 16.6. The summed E-state index contributed by atoms with van der Waals surface area (Å²) in [6.45, 7) is 1.92. The summed E-state index contributed by atoms with van der Waals surface area (Å²) < 4.78 is 35.3. The molecule has 0 fully saturated rings. The van der Waals surface area contributed by atoms with Crippen molar-refractivity contribution in [3.05, 3.63) is 72.8 Å². The van der Waals surface area contributed by atoms with Crippen LogP contribution < -0.4 is 4.72 Å². The molecule has 0 aliphatic rings. The van der Waals surface area contributed by atoms with Gasteiger partial charge < -0.3 is 9.09 Å². The van der Waals surface area contributed by atoms with Gasteiger partial charge in [0, 0.05) is 18.5 Å². The van der Waals surface area contributed by atoms with Crippen LogP contribution in [0.2, 0.25) is 0 Å². The second kappa shape index (κ2) is 6.47. The molecule has 3 aromatic heterocycles. The summed E-state index contributed by atoms with van der Waals surface area (Å²) in [6, 6.07) is 14.4. The van der Waals surface area contributed by atoms with E-state index >= 15 is 0 Å². The second-order valence-electron chi connectivity index (χ2n) is 5.72. The van der Waals surface area contributed by atoms with Crippen LogP contribution in [0.4, 0.5) is 5.69 Å². The summed E-state index contributed by atoms with van der Waals surface area (Å²) >= 11 is 1.14. The van der Waals surface area contributed by atoms with E-state index in [4.69, 9.17) is 4.52 Å². The molecule has 4 aromatic rings. The van der Waals surface area contributed by atoms with Gasteiger partial charge in [0.05, 0.1) is 16.3 Å². The Kier molecular flexibility index (Phi) is 4.14. The van der Waals surface area contributed by atoms with Crippen molar-refractivity contribution >= 4 is 27.0 Å². The van der Waals surface area contributed by atoms with Gasteiger partial charge in [-0.3, -0.25) is 4.72 Å². The highest BCUT2D eigenvalue weighted by Crippen LogP contribution is 2.32. The molecule has 6 nitrogen and oxygen atoms in total. The molecular formula is C18H15N3O3S2. The van der Waals surface area contributed by atoms with Gasteiger partial charge in [-0.05, 0) is 48.9 Å². The molecule has 26 heavy (non-hydrogen) atoms. The van der Waals surface area contributed by atoms with Crippen LogP contribution >= 0.6 is 11.3 Å². The lowest BCUT2D eigenvalue weighted by molar-refractivity contribution is 0.422. The van der Waals surface area contributed by atoms with E-state index in [1.165, 1.54) is 6.26 Å². The van der Waals surface area contributed by atoms with E-state index < -0.39 is 10.0 Å². The second-order valence-corrected chi connectivity index (χ2v) is 8.71. The highest BCUT2D eigenvalue weighted by atomic mass is 32.2. The van der Waals surface area contributed by atoms with Gasteiger partial charge in [0.2, 0.25) is 0 Å². The average molecular weight is 385 g/mol. The lowest BCUT2D eigenvalue weighted by atomic mass is 10.2. The first-order valence-electron chi connectivity index (χ1n) is 7.80. The van der Waals surface area contributed by atoms with E-state index in [9.17, 15) is 8.42 Å². The van der Waals surface area contributed by atoms with E-state index in [0.717, 1.165) is 27.5 Å². The van der Waals surface area contributed by atoms with Crippen LogP contribution in [0.15, 0.2) is 75.9 Å². The van der Waals surface area contributed by atoms with Crippen molar-refractivity contribution in [2.45, 2.75) is 11.1 Å². The Bertz CT molecular complexity index is 1130. The quantitative estimate of drug-likeness (QED) is 0.555. The molecule has 0 unspecified atom stereocenters. The van der Waals surface area contributed by atoms with Crippen LogP contribution in [-0.4, -0.2) is 18.1 Å². The number of nitrogens with zero attached hydrogens (tertiary/aromatic N) is 2. The van der Waals surface area contributed by atoms with E-state index in [1.807, 2.05) is 54.2 Å². The number of hydrogen-bond acceptors (Lipinski definition) is 5. The number of benzene rings is 1. The summed E-state index contributed by atoms with van der Waals surface area (Å²) in [5.74, 6) is 0. The zero-order valence-corrected chi connectivity index (χ0v) is 15.4. The van der Waals surface area contributed by atoms with Gasteiger partial charge in [0.15, 0.2) is 0 Å². The molecule has 3 heterocycles. The van der Waals surface area contributed by atoms with E-state index in [1.54, 1.807) is 18.2 Å². The lowest BCUT2D eigenvalue weighted by Gasteiger charge is -2.13. The summed E-state index contributed by atoms with van der Waals surface area (Å²) in [7, 11) is -3.72. The molecule has 0 bridgehead atoms. The number of sulfonamides is 1. The minimum Gasteiger partial charge on any atom is -0.364 e. The molecule has 0 atom stereocenters. The molecule has 0 aliphatic carbocycles. The molecule has 0 aliphatic heterocycles. The number of nitrogens with one attached hydrogen (secondary N) is 1. The fraction of sp³-hybridized carbons (Fsp3) is 0.0556. The molecular weight excluding hydrogens is 370 g/mol. The van der Waals surface area contributed by atoms with E-state index in [2.05, 4.69) is 9.88 Å². The first-order chi connectivity index (χ1) is 12.5. The zero-order valence-electron chi connectivity index (χ0n) is 13.8. The van der Waals surface area contributed by atoms with Gasteiger partial charge in [0.1, 0.15) is 16.2 Å². The third-order valence-corrected chi connectivity index (χ3v) is 6.78. The number of hydrogen-bond donors (Lipinski definition) is 1. The molecule has 0 amide bonds. The van der Waals surface area contributed by atoms with Gasteiger partial charge in [-0.25, -0.2) is 8.42 Å². The molecule has 0 saturated heterocycles. The highest BCUT2D eigenvalue weighted by Gasteiger charge is 2.20. The molecule has 0 radical (unpaired) electrons. The molecule has 8 heteroatoms. The highest BCUT2D eigenvalue weighted by molar-refractivity contribution is 7.94. The fourth-order valence-corrected chi connectivity index (χ4v) is 4.92. The van der Waals surface area contributed by atoms with Crippen LogP contribution in [0.25, 0.3) is 16.3 Å². The summed E-state index contributed by atoms with van der Waals surface area (Å²) in [4.78, 5) is 0.731. The van der Waals surface area contributed by atoms with E-state index in [0.29, 0.717) is 11.4 Å². The number of aromatic nitrogens is 2. The Morgan fingerprint density at radius 3 is 2.65 bits per heavy atom. The Morgan fingerprint density at radius 1 is 1.12 bits per heavy atom. The van der Waals surface area contributed by atoms with Gasteiger partial charge >= 0.3 is 0 Å². The maximum atomic E-state index is 12.9. The van der Waals surface area contributed by atoms with Crippen LogP contribution in [-0.2, 0) is 10.0 Å².